The predicted molar refractivity (Wildman–Crippen MR) is 289 cm³/mol. The van der Waals surface area contributed by atoms with Crippen molar-refractivity contribution in [3.05, 3.63) is 203 Å². The van der Waals surface area contributed by atoms with E-state index in [1.807, 2.05) is 140 Å². The number of alkyl carbamates (subject to hydrolysis) is 1. The van der Waals surface area contributed by atoms with Crippen molar-refractivity contribution in [1.82, 2.24) is 16.1 Å². The summed E-state index contributed by atoms with van der Waals surface area (Å²) < 4.78 is 34.5. The van der Waals surface area contributed by atoms with E-state index in [-0.39, 0.29) is 24.7 Å². The molecule has 0 radical (unpaired) electrons. The zero-order valence-electron chi connectivity index (χ0n) is 43.1. The number of esters is 3. The maximum Gasteiger partial charge on any atom is 0.407 e. The summed E-state index contributed by atoms with van der Waals surface area (Å²) in [5, 5.41) is 5.43. The third-order valence-electron chi connectivity index (χ3n) is 13.4. The van der Waals surface area contributed by atoms with Gasteiger partial charge in [0.25, 0.3) is 0 Å². The Kier molecular flexibility index (Phi) is 19.0. The molecule has 18 heteroatoms. The molecule has 2 amide bonds. The summed E-state index contributed by atoms with van der Waals surface area (Å²) >= 11 is 1.30. The summed E-state index contributed by atoms with van der Waals surface area (Å²) in [4.78, 5) is 95.6. The first-order chi connectivity index (χ1) is 37.8. The molecule has 6 aromatic carbocycles. The smallest absolute Gasteiger partial charge is 0.407 e. The first kappa shape index (κ1) is 56.2. The van der Waals surface area contributed by atoms with Crippen LogP contribution in [0.1, 0.15) is 60.1 Å². The third kappa shape index (κ3) is 13.4. The van der Waals surface area contributed by atoms with Crippen LogP contribution in [0.15, 0.2) is 170 Å². The molecule has 1 fully saturated rings. The Morgan fingerprint density at radius 1 is 0.590 bits per heavy atom. The van der Waals surface area contributed by atoms with Gasteiger partial charge in [-0.15, -0.1) is 11.8 Å². The third-order valence-corrected chi connectivity index (χ3v) is 15.0. The van der Waals surface area contributed by atoms with Crippen LogP contribution in [-0.2, 0) is 68.4 Å². The molecule has 2 unspecified atom stereocenters. The Hall–Kier alpha value is -8.00. The van der Waals surface area contributed by atoms with Gasteiger partial charge in [-0.3, -0.25) is 34.6 Å². The van der Waals surface area contributed by atoms with Crippen molar-refractivity contribution < 1.29 is 62.0 Å². The summed E-state index contributed by atoms with van der Waals surface area (Å²) in [7, 11) is 0. The van der Waals surface area contributed by atoms with Gasteiger partial charge in [-0.2, -0.15) is 0 Å². The molecular formula is C60H60N4O13S. The van der Waals surface area contributed by atoms with Crippen LogP contribution in [0, 0.1) is 0 Å². The fourth-order valence-corrected chi connectivity index (χ4v) is 11.3. The van der Waals surface area contributed by atoms with Gasteiger partial charge in [0, 0.05) is 26.7 Å². The van der Waals surface area contributed by atoms with Crippen LogP contribution in [0.2, 0.25) is 0 Å². The fraction of sp³-hybridized carbons (Fsp3) is 0.283. The van der Waals surface area contributed by atoms with Crippen molar-refractivity contribution in [2.24, 2.45) is 5.84 Å². The lowest BCUT2D eigenvalue weighted by Gasteiger charge is -2.45. The second-order valence-electron chi connectivity index (χ2n) is 18.6. The van der Waals surface area contributed by atoms with Crippen molar-refractivity contribution in [3.63, 3.8) is 0 Å². The maximum atomic E-state index is 14.8. The number of nitrogens with two attached hydrogens (primary N) is 1. The zero-order valence-corrected chi connectivity index (χ0v) is 43.9. The molecule has 1 heterocycles. The van der Waals surface area contributed by atoms with Gasteiger partial charge in [0.2, 0.25) is 17.5 Å². The molecular weight excluding hydrogens is 1020 g/mol. The van der Waals surface area contributed by atoms with E-state index < -0.39 is 102 Å². The number of hydrazine groups is 1. The van der Waals surface area contributed by atoms with Gasteiger partial charge in [-0.05, 0) is 50.9 Å². The lowest BCUT2D eigenvalue weighted by atomic mass is 9.84. The molecule has 1 aliphatic carbocycles. The number of carbonyl (C=O) groups is 7. The number of thioether (sulfide) groups is 1. The van der Waals surface area contributed by atoms with Crippen LogP contribution in [0.3, 0.4) is 0 Å². The van der Waals surface area contributed by atoms with Gasteiger partial charge < -0.3 is 39.1 Å². The molecule has 1 aliphatic heterocycles. The number of hydrogen-bond donors (Lipinski definition) is 4. The quantitative estimate of drug-likeness (QED) is 0.0134. The van der Waals surface area contributed by atoms with Gasteiger partial charge >= 0.3 is 24.0 Å². The normalized spacial score (nSPS) is 18.4. The highest BCUT2D eigenvalue weighted by molar-refractivity contribution is 8.01. The Labute approximate surface area is 455 Å². The predicted octanol–water partition coefficient (Wildman–Crippen LogP) is 6.48. The minimum Gasteiger partial charge on any atom is -0.463 e. The molecule has 78 heavy (non-hydrogen) atoms. The van der Waals surface area contributed by atoms with Crippen LogP contribution < -0.4 is 21.9 Å². The first-order valence-corrected chi connectivity index (χ1v) is 26.3. The number of hydrogen-bond acceptors (Lipinski definition) is 16. The van der Waals surface area contributed by atoms with E-state index in [1.165, 1.54) is 11.8 Å². The number of ether oxygens (including phenoxy) is 6. The lowest BCUT2D eigenvalue weighted by molar-refractivity contribution is -0.278. The van der Waals surface area contributed by atoms with E-state index in [1.54, 1.807) is 30.3 Å². The van der Waals surface area contributed by atoms with Gasteiger partial charge in [0.15, 0.2) is 18.5 Å². The molecule has 6 aromatic rings. The molecule has 0 spiro atoms. The SMILES string of the molecule is CC(=O)OCC1OC(OC[C@H](NC(=O)OCC2c3ccccc3-c3ccccc32)C(=O)C(=O)[C@H](Cc2ccccc2)NN)[C@@H](NC(=O)CSC(c2ccccc2)(c2ccccc2)c2ccccc2)[C@@H](OC(C)=O)[C@@H]1OC(C)=O. The average Bonchev–Trinajstić information content (AvgIpc) is 3.80. The Bertz CT molecular complexity index is 2920. The van der Waals surface area contributed by atoms with Crippen molar-refractivity contribution in [2.45, 2.75) is 80.6 Å². The second-order valence-corrected chi connectivity index (χ2v) is 19.8. The highest BCUT2D eigenvalue weighted by atomic mass is 32.2. The monoisotopic (exact) mass is 1080 g/mol. The summed E-state index contributed by atoms with van der Waals surface area (Å²) in [6.07, 6.45) is -7.29. The maximum absolute atomic E-state index is 14.8. The largest absolute Gasteiger partial charge is 0.463 e. The molecule has 0 bridgehead atoms. The van der Waals surface area contributed by atoms with Crippen molar-refractivity contribution >= 4 is 53.2 Å². The van der Waals surface area contributed by atoms with Gasteiger partial charge in [-0.1, -0.05) is 170 Å². The standard InChI is InChI=1S/C60H60N4O13S/c1-37(65)72-35-51-56(75-38(2)66)57(76-39(3)67)53(63-52(68)36-78-60(41-22-10-5-11-23-41,42-24-12-6-13-25-42)43-26-14-7-15-27-43)58(77-51)73-34-50(55(70)54(69)49(64-61)32-40-20-8-4-9-21-40)62-59(71)74-33-48-46-30-18-16-28-44(46)45-29-17-19-31-47(45)48/h4-31,48-51,53,56-58,64H,32-36,61H2,1-3H3,(H,62,71)(H,63,68)/t49-,50-,51?,53-,56+,57+,58?/m0/s1. The molecule has 8 rings (SSSR count). The van der Waals surface area contributed by atoms with Crippen molar-refractivity contribution in [2.75, 3.05) is 25.6 Å². The Morgan fingerprint density at radius 3 is 1.59 bits per heavy atom. The summed E-state index contributed by atoms with van der Waals surface area (Å²) in [5.74, 6) is 0.0917. The van der Waals surface area contributed by atoms with Crippen LogP contribution in [0.4, 0.5) is 4.79 Å². The topological polar surface area (TPSA) is 237 Å². The van der Waals surface area contributed by atoms with Crippen LogP contribution in [0.25, 0.3) is 11.1 Å². The van der Waals surface area contributed by atoms with Gasteiger partial charge in [0.05, 0.1) is 23.1 Å². The highest BCUT2D eigenvalue weighted by Crippen LogP contribution is 2.49. The number of ketones is 2. The molecule has 404 valence electrons. The number of nitrogens with one attached hydrogen (secondary N) is 3. The highest BCUT2D eigenvalue weighted by Gasteiger charge is 2.52. The van der Waals surface area contributed by atoms with Crippen LogP contribution in [0.5, 0.6) is 0 Å². The van der Waals surface area contributed by atoms with Gasteiger partial charge in [-0.25, -0.2) is 10.2 Å². The van der Waals surface area contributed by atoms with Crippen LogP contribution in [-0.4, -0.2) is 110 Å². The molecule has 17 nitrogen and oxygen atoms in total. The number of fused-ring (bicyclic) bond motifs is 3. The van der Waals surface area contributed by atoms with E-state index >= 15 is 0 Å². The molecule has 5 N–H and O–H groups in total. The van der Waals surface area contributed by atoms with E-state index in [2.05, 4.69) is 16.1 Å². The molecule has 2 aliphatic rings. The number of carbonyl (C=O) groups excluding carboxylic acids is 7. The van der Waals surface area contributed by atoms with E-state index in [0.717, 1.165) is 59.7 Å². The number of benzene rings is 6. The Morgan fingerprint density at radius 2 is 1.08 bits per heavy atom. The summed E-state index contributed by atoms with van der Waals surface area (Å²) in [5.41, 5.74) is 9.54. The van der Waals surface area contributed by atoms with Crippen LogP contribution >= 0.6 is 11.8 Å². The second kappa shape index (κ2) is 26.4. The van der Waals surface area contributed by atoms with Gasteiger partial charge in [0.1, 0.15) is 31.4 Å². The summed E-state index contributed by atoms with van der Waals surface area (Å²) in [6.45, 7) is 1.85. The molecule has 0 saturated carbocycles. The molecule has 7 atom stereocenters. The molecule has 1 saturated heterocycles. The average molecular weight is 1080 g/mol. The summed E-state index contributed by atoms with van der Waals surface area (Å²) in [6, 6.07) is 48.7. The van der Waals surface area contributed by atoms with Crippen molar-refractivity contribution in [1.29, 1.82) is 0 Å². The number of rotatable bonds is 23. The van der Waals surface area contributed by atoms with E-state index in [4.69, 9.17) is 34.3 Å². The number of amides is 2. The van der Waals surface area contributed by atoms with E-state index in [9.17, 15) is 33.6 Å². The fourth-order valence-electron chi connectivity index (χ4n) is 9.95. The number of Topliss-reactive ketones (excluding diaryl/α,β-unsaturated/α-hetero) is 2. The first-order valence-electron chi connectivity index (χ1n) is 25.3. The minimum atomic E-state index is -1.79. The lowest BCUT2D eigenvalue weighted by Crippen LogP contribution is -2.67. The molecule has 0 aromatic heterocycles. The van der Waals surface area contributed by atoms with Crippen molar-refractivity contribution in [3.8, 4) is 11.1 Å². The van der Waals surface area contributed by atoms with E-state index in [0.29, 0.717) is 5.56 Å². The zero-order chi connectivity index (χ0) is 55.2. The Balaban J connectivity index is 1.11. The minimum absolute atomic E-state index is 0.00216.